The van der Waals surface area contributed by atoms with Crippen molar-refractivity contribution in [3.05, 3.63) is 11.6 Å². The van der Waals surface area contributed by atoms with Gasteiger partial charge in [0, 0.05) is 6.42 Å². The number of carbonyl (C=O) groups is 1. The van der Waals surface area contributed by atoms with E-state index in [-0.39, 0.29) is 0 Å². The van der Waals surface area contributed by atoms with Gasteiger partial charge in [0.05, 0.1) is 0 Å². The Balaban J connectivity index is 1.69. The van der Waals surface area contributed by atoms with Crippen LogP contribution in [0.1, 0.15) is 85.5 Å². The molecule has 0 aromatic carbocycles. The van der Waals surface area contributed by atoms with Crippen molar-refractivity contribution in [2.45, 2.75) is 85.5 Å². The van der Waals surface area contributed by atoms with Gasteiger partial charge in [-0.25, -0.2) is 0 Å². The Morgan fingerprint density at radius 3 is 2.48 bits per heavy atom. The summed E-state index contributed by atoms with van der Waals surface area (Å²) in [6.45, 7) is 10.1. The van der Waals surface area contributed by atoms with Gasteiger partial charge in [0.1, 0.15) is 0 Å². The molecular weight excluding hydrogens is 280 g/mol. The fourth-order valence-corrected chi connectivity index (χ4v) is 7.50. The monoisotopic (exact) mass is 314 g/mol. The Morgan fingerprint density at radius 1 is 1.00 bits per heavy atom. The number of hydrogen-bond donors (Lipinski definition) is 0. The zero-order valence-electron chi connectivity index (χ0n) is 15.6. The lowest BCUT2D eigenvalue weighted by molar-refractivity contribution is -0.118. The highest BCUT2D eigenvalue weighted by Gasteiger charge is 2.61. The zero-order chi connectivity index (χ0) is 16.5. The third-order valence-electron chi connectivity index (χ3n) is 9.52. The summed E-state index contributed by atoms with van der Waals surface area (Å²) in [4.78, 5) is 11.9. The van der Waals surface area contributed by atoms with E-state index in [0.29, 0.717) is 22.0 Å². The van der Waals surface area contributed by atoms with Gasteiger partial charge in [0.25, 0.3) is 0 Å². The third-order valence-corrected chi connectivity index (χ3v) is 9.52. The van der Waals surface area contributed by atoms with Gasteiger partial charge in [-0.3, -0.25) is 4.79 Å². The first-order valence-corrected chi connectivity index (χ1v) is 10.1. The van der Waals surface area contributed by atoms with Gasteiger partial charge >= 0.3 is 0 Å². The number of fused-ring (bicyclic) bond motifs is 5. The van der Waals surface area contributed by atoms with Crippen LogP contribution in [0.2, 0.25) is 0 Å². The summed E-state index contributed by atoms with van der Waals surface area (Å²) in [5, 5.41) is 0. The molecule has 3 saturated carbocycles. The number of rotatable bonds is 1. The maximum atomic E-state index is 11.9. The largest absolute Gasteiger partial charge is 0.295 e. The van der Waals surface area contributed by atoms with E-state index >= 15 is 0 Å². The van der Waals surface area contributed by atoms with E-state index in [0.717, 1.165) is 30.6 Å². The quantitative estimate of drug-likeness (QED) is 0.586. The van der Waals surface area contributed by atoms with E-state index in [4.69, 9.17) is 0 Å². The van der Waals surface area contributed by atoms with E-state index in [2.05, 4.69) is 27.7 Å². The second kappa shape index (κ2) is 4.96. The molecule has 0 N–H and O–H groups in total. The molecule has 1 heteroatoms. The summed E-state index contributed by atoms with van der Waals surface area (Å²) in [6, 6.07) is 0. The smallest absolute Gasteiger partial charge is 0.155 e. The van der Waals surface area contributed by atoms with Crippen LogP contribution in [0.25, 0.3) is 0 Å². The lowest BCUT2D eigenvalue weighted by Gasteiger charge is -2.59. The van der Waals surface area contributed by atoms with Gasteiger partial charge in [0.15, 0.2) is 5.78 Å². The van der Waals surface area contributed by atoms with E-state index in [1.54, 1.807) is 0 Å². The fraction of sp³-hybridized carbons (Fsp3) is 0.864. The lowest BCUT2D eigenvalue weighted by atomic mass is 9.45. The standard InChI is InChI=1S/C22H34O/c1-5-20(2)11-9-19-17-7-6-15-14-16(23)8-12-21(15,3)18(17)10-13-22(19,20)4/h14,17-19H,5-13H2,1-4H3/t17?,18-,19-,20?,21-,22-/m0/s1. The third kappa shape index (κ3) is 1.94. The highest BCUT2D eigenvalue weighted by Crippen LogP contribution is 2.70. The first-order chi connectivity index (χ1) is 10.8. The average molecular weight is 315 g/mol. The minimum absolute atomic E-state index is 0.337. The molecule has 0 heterocycles. The van der Waals surface area contributed by atoms with Gasteiger partial charge in [-0.2, -0.15) is 0 Å². The molecule has 1 nitrogen and oxygen atoms in total. The predicted octanol–water partition coefficient (Wildman–Crippen LogP) is 5.93. The topological polar surface area (TPSA) is 17.1 Å². The second-order valence-electron chi connectivity index (χ2n) is 9.88. The summed E-state index contributed by atoms with van der Waals surface area (Å²) in [7, 11) is 0. The molecule has 0 amide bonds. The summed E-state index contributed by atoms with van der Waals surface area (Å²) in [5.41, 5.74) is 2.96. The Morgan fingerprint density at radius 2 is 1.74 bits per heavy atom. The number of carbonyl (C=O) groups excluding carboxylic acids is 1. The van der Waals surface area contributed by atoms with Crippen molar-refractivity contribution in [3.8, 4) is 0 Å². The first kappa shape index (κ1) is 15.9. The van der Waals surface area contributed by atoms with Crippen LogP contribution >= 0.6 is 0 Å². The zero-order valence-corrected chi connectivity index (χ0v) is 15.6. The highest BCUT2D eigenvalue weighted by atomic mass is 16.1. The van der Waals surface area contributed by atoms with Gasteiger partial charge in [-0.15, -0.1) is 0 Å². The normalized spacial score (nSPS) is 52.4. The highest BCUT2D eigenvalue weighted by molar-refractivity contribution is 5.91. The maximum absolute atomic E-state index is 11.9. The van der Waals surface area contributed by atoms with Gasteiger partial charge in [0.2, 0.25) is 0 Å². The molecule has 4 aliphatic rings. The van der Waals surface area contributed by atoms with E-state index in [9.17, 15) is 4.79 Å². The van der Waals surface area contributed by atoms with Crippen molar-refractivity contribution in [3.63, 3.8) is 0 Å². The molecule has 0 radical (unpaired) electrons. The Labute approximate surface area is 142 Å². The second-order valence-corrected chi connectivity index (χ2v) is 9.88. The van der Waals surface area contributed by atoms with Crippen molar-refractivity contribution >= 4 is 5.78 Å². The van der Waals surface area contributed by atoms with Crippen molar-refractivity contribution in [1.29, 1.82) is 0 Å². The lowest BCUT2D eigenvalue weighted by Crippen LogP contribution is -2.52. The molecule has 4 rings (SSSR count). The van der Waals surface area contributed by atoms with Gasteiger partial charge in [-0.1, -0.05) is 39.7 Å². The summed E-state index contributed by atoms with van der Waals surface area (Å²) in [6.07, 6.45) is 13.5. The summed E-state index contributed by atoms with van der Waals surface area (Å²) in [5.74, 6) is 3.07. The molecule has 0 aromatic heterocycles. The first-order valence-electron chi connectivity index (χ1n) is 10.1. The minimum Gasteiger partial charge on any atom is -0.295 e. The number of ketones is 1. The van der Waals surface area contributed by atoms with Crippen molar-refractivity contribution in [1.82, 2.24) is 0 Å². The van der Waals surface area contributed by atoms with Crippen LogP contribution in [-0.4, -0.2) is 5.78 Å². The molecule has 23 heavy (non-hydrogen) atoms. The minimum atomic E-state index is 0.337. The van der Waals surface area contributed by atoms with Crippen LogP contribution in [0, 0.1) is 34.0 Å². The van der Waals surface area contributed by atoms with Crippen LogP contribution < -0.4 is 0 Å². The molecule has 3 fully saturated rings. The molecule has 4 aliphatic carbocycles. The van der Waals surface area contributed by atoms with Crippen LogP contribution in [0.4, 0.5) is 0 Å². The van der Waals surface area contributed by atoms with Crippen molar-refractivity contribution in [2.75, 3.05) is 0 Å². The van der Waals surface area contributed by atoms with Crippen LogP contribution in [0.5, 0.6) is 0 Å². The van der Waals surface area contributed by atoms with Crippen molar-refractivity contribution < 1.29 is 4.79 Å². The van der Waals surface area contributed by atoms with Crippen LogP contribution in [0.3, 0.4) is 0 Å². The SMILES string of the molecule is CCC1(C)CC[C@H]2C3CCC4=CC(=O)CC[C@]4(C)[C@H]3CC[C@@]21C. The molecule has 0 aromatic rings. The van der Waals surface area contributed by atoms with E-state index in [1.807, 2.05) is 6.08 Å². The molecule has 0 bridgehead atoms. The predicted molar refractivity (Wildman–Crippen MR) is 95.1 cm³/mol. The number of allylic oxidation sites excluding steroid dienone is 1. The Kier molecular flexibility index (Phi) is 3.43. The van der Waals surface area contributed by atoms with Gasteiger partial charge < -0.3 is 0 Å². The van der Waals surface area contributed by atoms with Crippen molar-refractivity contribution in [2.24, 2.45) is 34.0 Å². The van der Waals surface area contributed by atoms with Crippen LogP contribution in [0.15, 0.2) is 11.6 Å². The molecule has 6 atom stereocenters. The Bertz CT molecular complexity index is 560. The maximum Gasteiger partial charge on any atom is 0.155 e. The van der Waals surface area contributed by atoms with Gasteiger partial charge in [-0.05, 0) is 85.0 Å². The number of hydrogen-bond acceptors (Lipinski definition) is 1. The molecular formula is C22H34O. The molecule has 2 unspecified atom stereocenters. The van der Waals surface area contributed by atoms with E-state index < -0.39 is 0 Å². The molecule has 0 aliphatic heterocycles. The van der Waals surface area contributed by atoms with E-state index in [1.165, 1.54) is 50.5 Å². The Hall–Kier alpha value is -0.590. The average Bonchev–Trinajstić information content (AvgIpc) is 2.80. The summed E-state index contributed by atoms with van der Waals surface area (Å²) >= 11 is 0. The molecule has 0 spiro atoms. The molecule has 128 valence electrons. The summed E-state index contributed by atoms with van der Waals surface area (Å²) < 4.78 is 0. The fourth-order valence-electron chi connectivity index (χ4n) is 7.50. The van der Waals surface area contributed by atoms with Crippen LogP contribution in [-0.2, 0) is 4.79 Å². The molecule has 0 saturated heterocycles.